The number of carbonyl (C=O) groups excluding carboxylic acids is 3. The van der Waals surface area contributed by atoms with Crippen molar-refractivity contribution >= 4 is 40.0 Å². The number of likely N-dealkylation sites (tertiary alicyclic amines) is 1. The number of para-hydroxylation sites is 1. The van der Waals surface area contributed by atoms with E-state index in [1.165, 1.54) is 13.8 Å². The van der Waals surface area contributed by atoms with Crippen molar-refractivity contribution in [1.82, 2.24) is 40.7 Å². The van der Waals surface area contributed by atoms with Crippen LogP contribution in [0.15, 0.2) is 84.5 Å². The summed E-state index contributed by atoms with van der Waals surface area (Å²) in [5, 5.41) is 10.0. The Labute approximate surface area is 405 Å². The number of halogens is 3. The number of nitrogens with zero attached hydrogens (tertiary/aromatic N) is 4. The summed E-state index contributed by atoms with van der Waals surface area (Å²) in [4.78, 5) is 57.5. The fourth-order valence-corrected chi connectivity index (χ4v) is 10.3. The molecule has 4 atom stereocenters. The lowest BCUT2D eigenvalue weighted by molar-refractivity contribution is -0.143. The Kier molecular flexibility index (Phi) is 14.6. The van der Waals surface area contributed by atoms with Gasteiger partial charge in [-0.3, -0.25) is 24.3 Å². The summed E-state index contributed by atoms with van der Waals surface area (Å²) in [5.41, 5.74) is 6.14. The third-order valence-electron chi connectivity index (χ3n) is 13.0. The van der Waals surface area contributed by atoms with Gasteiger partial charge in [0, 0.05) is 72.7 Å². The Balaban J connectivity index is 0.833. The number of nitrogens with one attached hydrogen (secondary N) is 4. The van der Waals surface area contributed by atoms with Gasteiger partial charge in [-0.05, 0) is 86.8 Å². The van der Waals surface area contributed by atoms with Crippen molar-refractivity contribution in [2.24, 2.45) is 5.41 Å². The van der Waals surface area contributed by atoms with Crippen LogP contribution in [0.1, 0.15) is 99.8 Å². The van der Waals surface area contributed by atoms with Gasteiger partial charge in [0.05, 0.1) is 34.4 Å². The molecule has 16 heteroatoms. The van der Waals surface area contributed by atoms with Gasteiger partial charge in [0.15, 0.2) is 0 Å². The number of thiazole rings is 1. The Morgan fingerprint density at radius 2 is 1.68 bits per heavy atom. The zero-order chi connectivity index (χ0) is 49.2. The number of aromatic amines is 1. The van der Waals surface area contributed by atoms with E-state index in [9.17, 15) is 14.4 Å². The molecule has 0 saturated carbocycles. The Bertz CT molecular complexity index is 2780. The number of amides is 3. The van der Waals surface area contributed by atoms with Gasteiger partial charge in [-0.1, -0.05) is 69.3 Å². The van der Waals surface area contributed by atoms with Gasteiger partial charge >= 0.3 is 0 Å². The smallest absolute Gasteiger partial charge is 0.246 e. The largest absolute Gasteiger partial charge is 0.487 e. The van der Waals surface area contributed by atoms with Crippen LogP contribution in [-0.4, -0.2) is 85.9 Å². The maximum Gasteiger partial charge on any atom is 0.246 e. The van der Waals surface area contributed by atoms with Crippen LogP contribution < -0.4 is 20.7 Å². The minimum atomic E-state index is -1.61. The summed E-state index contributed by atoms with van der Waals surface area (Å²) in [5.74, 6) is -2.51. The maximum atomic E-state index is 16.2. The predicted octanol–water partition coefficient (Wildman–Crippen LogP) is 8.86. The molecule has 2 aliphatic heterocycles. The lowest BCUT2D eigenvalue weighted by Gasteiger charge is -2.43. The van der Waals surface area contributed by atoms with Crippen molar-refractivity contribution in [1.29, 1.82) is 0 Å². The third kappa shape index (κ3) is 11.3. The number of carbonyl (C=O) groups is 3. The van der Waals surface area contributed by atoms with Gasteiger partial charge in [-0.15, -0.1) is 11.3 Å². The van der Waals surface area contributed by atoms with E-state index < -0.39 is 40.8 Å². The summed E-state index contributed by atoms with van der Waals surface area (Å²) in [6, 6.07) is 19.0. The molecule has 0 radical (unpaired) electrons. The van der Waals surface area contributed by atoms with Gasteiger partial charge in [0.1, 0.15) is 41.7 Å². The molecule has 2 aliphatic rings. The van der Waals surface area contributed by atoms with Gasteiger partial charge < -0.3 is 30.6 Å². The number of alkyl halides is 1. The standard InChI is InChI=1S/C53H61F3N8O4S/c1-31-21-39-38-11-8-9-12-42(38)61-46(39)47(64(31)29-53(6,7)56)45-40(54)22-37(23-41(45)55)68-28-36-19-16-34(26-58-36)24-57-27-44(65)62-49(52(3,4)5)51(67)63-20-10-13-43(63)50(66)59-25-33-14-17-35(18-15-33)48-32(2)60-30-69-48/h8-9,11-12,14-19,22-23,26,30-31,43,47,49,57,61H,10,13,20-21,24-25,27-29H2,1-7H3,(H,59,66)(H,62,65)/t31-,43+,47-,49-/m1/s1. The molecule has 3 aromatic heterocycles. The highest BCUT2D eigenvalue weighted by atomic mass is 32.1. The number of benzene rings is 3. The Hall–Kier alpha value is -6.10. The molecule has 5 heterocycles. The van der Waals surface area contributed by atoms with E-state index >= 15 is 13.2 Å². The first kappa shape index (κ1) is 49.3. The van der Waals surface area contributed by atoms with Crippen LogP contribution in [-0.2, 0) is 40.5 Å². The van der Waals surface area contributed by atoms with E-state index in [1.807, 2.05) is 99.6 Å². The fourth-order valence-electron chi connectivity index (χ4n) is 9.52. The highest BCUT2D eigenvalue weighted by Crippen LogP contribution is 2.44. The zero-order valence-corrected chi connectivity index (χ0v) is 41.0. The highest BCUT2D eigenvalue weighted by Gasteiger charge is 2.43. The molecule has 1 saturated heterocycles. The third-order valence-corrected chi connectivity index (χ3v) is 14.0. The highest BCUT2D eigenvalue weighted by molar-refractivity contribution is 7.13. The number of ether oxygens (including phenoxy) is 1. The van der Waals surface area contributed by atoms with Gasteiger partial charge in [0.2, 0.25) is 17.7 Å². The molecule has 3 aromatic carbocycles. The molecule has 4 N–H and O–H groups in total. The first-order chi connectivity index (χ1) is 32.8. The molecular weight excluding hydrogens is 902 g/mol. The topological polar surface area (TPSA) is 145 Å². The van der Waals surface area contributed by atoms with Crippen LogP contribution >= 0.6 is 11.3 Å². The molecule has 8 rings (SSSR count). The zero-order valence-electron chi connectivity index (χ0n) is 40.2. The van der Waals surface area contributed by atoms with Crippen LogP contribution in [0.25, 0.3) is 21.3 Å². The van der Waals surface area contributed by atoms with Crippen molar-refractivity contribution in [2.75, 3.05) is 19.6 Å². The van der Waals surface area contributed by atoms with E-state index in [2.05, 4.69) is 30.9 Å². The van der Waals surface area contributed by atoms with Crippen LogP contribution in [0.4, 0.5) is 13.2 Å². The van der Waals surface area contributed by atoms with E-state index in [4.69, 9.17) is 4.74 Å². The molecule has 12 nitrogen and oxygen atoms in total. The summed E-state index contributed by atoms with van der Waals surface area (Å²) >= 11 is 1.58. The summed E-state index contributed by atoms with van der Waals surface area (Å²) in [6.45, 7) is 13.4. The van der Waals surface area contributed by atoms with Crippen molar-refractivity contribution in [2.45, 2.75) is 117 Å². The fraction of sp³-hybridized carbons (Fsp3) is 0.415. The molecule has 6 aromatic rings. The SMILES string of the molecule is Cc1ncsc1-c1ccc(CNC(=O)[C@@H]2CCCN2C(=O)[C@@H](NC(=O)CNCc2ccc(COc3cc(F)c([C@@H]4c5[nH]c6ccccc6c5C[C@@H](C)N4CC(C)(C)F)c(F)c3)nc2)C(C)(C)C)cc1. The van der Waals surface area contributed by atoms with Crippen LogP contribution in [0.3, 0.4) is 0 Å². The number of aromatic nitrogens is 3. The second-order valence-corrected chi connectivity index (χ2v) is 20.9. The average molecular weight is 963 g/mol. The average Bonchev–Trinajstić information content (AvgIpc) is 4.06. The normalized spacial score (nSPS) is 18.0. The second kappa shape index (κ2) is 20.5. The number of pyridine rings is 1. The van der Waals surface area contributed by atoms with Crippen LogP contribution in [0.2, 0.25) is 0 Å². The Morgan fingerprint density at radius 3 is 2.35 bits per heavy atom. The molecule has 0 spiro atoms. The number of hydrogen-bond acceptors (Lipinski definition) is 9. The van der Waals surface area contributed by atoms with Crippen LogP contribution in [0, 0.1) is 24.0 Å². The van der Waals surface area contributed by atoms with Gasteiger partial charge in [0.25, 0.3) is 0 Å². The summed E-state index contributed by atoms with van der Waals surface area (Å²) in [6.07, 6.45) is 3.43. The number of H-pyrrole nitrogens is 1. The van der Waals surface area contributed by atoms with E-state index in [0.29, 0.717) is 50.3 Å². The second-order valence-electron chi connectivity index (χ2n) is 20.0. The minimum Gasteiger partial charge on any atom is -0.487 e. The summed E-state index contributed by atoms with van der Waals surface area (Å²) in [7, 11) is 0. The molecule has 3 amide bonds. The van der Waals surface area contributed by atoms with Gasteiger partial charge in [-0.25, -0.2) is 18.2 Å². The monoisotopic (exact) mass is 962 g/mol. The number of aryl methyl sites for hydroxylation is 1. The van der Waals surface area contributed by atoms with Crippen molar-refractivity contribution < 1.29 is 32.3 Å². The molecule has 69 heavy (non-hydrogen) atoms. The quantitative estimate of drug-likeness (QED) is 0.0754. The first-order valence-electron chi connectivity index (χ1n) is 23.5. The van der Waals surface area contributed by atoms with Crippen molar-refractivity contribution in [3.8, 4) is 16.2 Å². The Morgan fingerprint density at radius 1 is 0.957 bits per heavy atom. The van der Waals surface area contributed by atoms with E-state index in [-0.39, 0.29) is 54.8 Å². The first-order valence-corrected chi connectivity index (χ1v) is 24.4. The molecule has 0 bridgehead atoms. The predicted molar refractivity (Wildman–Crippen MR) is 262 cm³/mol. The number of hydrogen-bond donors (Lipinski definition) is 4. The van der Waals surface area contributed by atoms with Crippen molar-refractivity contribution in [3.05, 3.63) is 135 Å². The number of rotatable bonds is 16. The number of fused-ring (bicyclic) bond motifs is 3. The van der Waals surface area contributed by atoms with E-state index in [1.54, 1.807) is 28.5 Å². The van der Waals surface area contributed by atoms with Gasteiger partial charge in [-0.2, -0.15) is 0 Å². The lowest BCUT2D eigenvalue weighted by atomic mass is 9.85. The molecule has 1 fully saturated rings. The molecule has 364 valence electrons. The van der Waals surface area contributed by atoms with E-state index in [0.717, 1.165) is 55.9 Å². The molecule has 0 unspecified atom stereocenters. The maximum absolute atomic E-state index is 16.2. The van der Waals surface area contributed by atoms with Crippen molar-refractivity contribution in [3.63, 3.8) is 0 Å². The lowest BCUT2D eigenvalue weighted by Crippen LogP contribution is -2.58. The molecular formula is C53H61F3N8O4S. The minimum absolute atomic E-state index is 0.0128. The molecule has 0 aliphatic carbocycles. The van der Waals surface area contributed by atoms with Crippen LogP contribution in [0.5, 0.6) is 5.75 Å². The summed E-state index contributed by atoms with van der Waals surface area (Å²) < 4.78 is 53.4.